The van der Waals surface area contributed by atoms with E-state index in [0.717, 1.165) is 32.0 Å². The highest BCUT2D eigenvalue weighted by Gasteiger charge is 2.26. The molecule has 108 valence electrons. The Morgan fingerprint density at radius 2 is 1.71 bits per heavy atom. The number of nitrogens with zero attached hydrogens (tertiary/aromatic N) is 2. The minimum atomic E-state index is 0.0726. The first-order valence-corrected chi connectivity index (χ1v) is 7.38. The number of piperazine rings is 1. The Morgan fingerprint density at radius 1 is 1.00 bits per heavy atom. The molecule has 4 nitrogen and oxygen atoms in total. The molecule has 0 spiro atoms. The van der Waals surface area contributed by atoms with Gasteiger partial charge in [0, 0.05) is 16.7 Å². The third kappa shape index (κ3) is 3.16. The Labute approximate surface area is 129 Å². The van der Waals surface area contributed by atoms with E-state index in [2.05, 4.69) is 16.0 Å². The first-order chi connectivity index (χ1) is 10.2. The second kappa shape index (κ2) is 6.14. The molecule has 1 aliphatic rings. The number of amides is 1. The summed E-state index contributed by atoms with van der Waals surface area (Å²) < 4.78 is 0. The number of aromatic nitrogens is 1. The summed E-state index contributed by atoms with van der Waals surface area (Å²) in [5.74, 6) is 1.17. The van der Waals surface area contributed by atoms with Crippen molar-refractivity contribution in [1.29, 1.82) is 0 Å². The van der Waals surface area contributed by atoms with Crippen molar-refractivity contribution in [2.45, 2.75) is 0 Å². The number of halogens is 1. The van der Waals surface area contributed by atoms with E-state index in [1.54, 1.807) is 24.3 Å². The molecular formula is C16H17ClN3O+. The highest BCUT2D eigenvalue weighted by atomic mass is 35.5. The predicted molar refractivity (Wildman–Crippen MR) is 82.6 cm³/mol. The van der Waals surface area contributed by atoms with Crippen LogP contribution in [0.5, 0.6) is 0 Å². The van der Waals surface area contributed by atoms with Crippen LogP contribution in [0.15, 0.2) is 48.7 Å². The van der Waals surface area contributed by atoms with Crippen molar-refractivity contribution in [3.8, 4) is 0 Å². The zero-order chi connectivity index (χ0) is 14.7. The molecule has 0 aliphatic carbocycles. The summed E-state index contributed by atoms with van der Waals surface area (Å²) in [5, 5.41) is 0.649. The van der Waals surface area contributed by atoms with Gasteiger partial charge >= 0.3 is 0 Å². The lowest BCUT2D eigenvalue weighted by molar-refractivity contribution is -0.364. The van der Waals surface area contributed by atoms with Gasteiger partial charge in [0.25, 0.3) is 11.7 Å². The Kier molecular flexibility index (Phi) is 4.06. The standard InChI is InChI=1S/C16H16ClN3O/c17-14-6-4-13(5-7-14)16(21)20-11-9-19(10-12-20)15-3-1-2-8-18-15/h1-8H,9-12H2/p+1. The fourth-order valence-corrected chi connectivity index (χ4v) is 2.63. The quantitative estimate of drug-likeness (QED) is 0.852. The zero-order valence-electron chi connectivity index (χ0n) is 11.6. The Hall–Kier alpha value is -2.07. The number of carbonyl (C=O) groups is 1. The van der Waals surface area contributed by atoms with E-state index < -0.39 is 0 Å². The predicted octanol–water partition coefficient (Wildman–Crippen LogP) is 2.12. The fraction of sp³-hybridized carbons (Fsp3) is 0.250. The second-order valence-corrected chi connectivity index (χ2v) is 5.47. The zero-order valence-corrected chi connectivity index (χ0v) is 12.4. The number of aromatic amines is 1. The van der Waals surface area contributed by atoms with Gasteiger partial charge in [0.05, 0.1) is 19.3 Å². The van der Waals surface area contributed by atoms with Gasteiger partial charge in [-0.25, -0.2) is 4.98 Å². The number of H-pyrrole nitrogens is 1. The van der Waals surface area contributed by atoms with E-state index in [9.17, 15) is 4.79 Å². The Morgan fingerprint density at radius 3 is 2.33 bits per heavy atom. The van der Waals surface area contributed by atoms with Gasteiger partial charge in [0.1, 0.15) is 13.1 Å². The molecule has 1 aromatic carbocycles. The number of benzene rings is 1. The number of hydrogen-bond acceptors (Lipinski definition) is 2. The third-order valence-corrected chi connectivity index (χ3v) is 3.94. The molecule has 3 rings (SSSR count). The van der Waals surface area contributed by atoms with E-state index >= 15 is 0 Å². The summed E-state index contributed by atoms with van der Waals surface area (Å²) in [6.45, 7) is 3.12. The maximum atomic E-state index is 12.4. The normalized spacial score (nSPS) is 15.1. The molecule has 5 heteroatoms. The molecule has 0 saturated carbocycles. The van der Waals surface area contributed by atoms with Gasteiger partial charge in [-0.1, -0.05) is 17.7 Å². The largest absolute Gasteiger partial charge is 0.331 e. The molecular weight excluding hydrogens is 286 g/mol. The highest BCUT2D eigenvalue weighted by molar-refractivity contribution is 6.30. The number of hydrogen-bond donors (Lipinski definition) is 0. The van der Waals surface area contributed by atoms with Crippen molar-refractivity contribution >= 4 is 23.3 Å². The third-order valence-electron chi connectivity index (χ3n) is 3.69. The van der Waals surface area contributed by atoms with Crippen LogP contribution in [0.25, 0.3) is 0 Å². The van der Waals surface area contributed by atoms with E-state index in [4.69, 9.17) is 11.6 Å². The van der Waals surface area contributed by atoms with Crippen molar-refractivity contribution in [1.82, 2.24) is 4.90 Å². The number of nitrogens with one attached hydrogen (secondary N) is 1. The van der Waals surface area contributed by atoms with Gasteiger partial charge in [0.15, 0.2) is 0 Å². The van der Waals surface area contributed by atoms with Gasteiger partial charge in [0.2, 0.25) is 0 Å². The molecule has 1 aromatic heterocycles. The van der Waals surface area contributed by atoms with Gasteiger partial charge in [-0.3, -0.25) is 9.69 Å². The first-order valence-electron chi connectivity index (χ1n) is 7.00. The van der Waals surface area contributed by atoms with Crippen LogP contribution in [0.4, 0.5) is 5.82 Å². The minimum absolute atomic E-state index is 0.0726. The van der Waals surface area contributed by atoms with Gasteiger partial charge in [-0.15, -0.1) is 0 Å². The van der Waals surface area contributed by atoms with Crippen LogP contribution < -0.4 is 9.88 Å². The van der Waals surface area contributed by atoms with Crippen LogP contribution >= 0.6 is 11.6 Å². The minimum Gasteiger partial charge on any atom is -0.331 e. The van der Waals surface area contributed by atoms with Crippen molar-refractivity contribution in [3.05, 3.63) is 59.2 Å². The molecule has 1 fully saturated rings. The summed E-state index contributed by atoms with van der Waals surface area (Å²) in [6.07, 6.45) is 1.92. The maximum absolute atomic E-state index is 12.4. The Bertz CT molecular complexity index is 607. The molecule has 0 bridgehead atoms. The van der Waals surface area contributed by atoms with E-state index in [1.165, 1.54) is 0 Å². The molecule has 2 aromatic rings. The summed E-state index contributed by atoms with van der Waals surface area (Å²) in [4.78, 5) is 19.8. The van der Waals surface area contributed by atoms with Gasteiger partial charge < -0.3 is 4.90 Å². The van der Waals surface area contributed by atoms with E-state index in [-0.39, 0.29) is 5.91 Å². The van der Waals surface area contributed by atoms with Crippen molar-refractivity contribution < 1.29 is 9.78 Å². The molecule has 2 heterocycles. The molecule has 1 N–H and O–H groups in total. The average molecular weight is 303 g/mol. The lowest BCUT2D eigenvalue weighted by atomic mass is 10.2. The summed E-state index contributed by atoms with van der Waals surface area (Å²) >= 11 is 5.85. The first kappa shape index (κ1) is 13.9. The highest BCUT2D eigenvalue weighted by Crippen LogP contribution is 2.14. The van der Waals surface area contributed by atoms with Gasteiger partial charge in [-0.05, 0) is 30.3 Å². The molecule has 21 heavy (non-hydrogen) atoms. The number of rotatable bonds is 2. The average Bonchev–Trinajstić information content (AvgIpc) is 2.56. The van der Waals surface area contributed by atoms with Crippen molar-refractivity contribution in [2.24, 2.45) is 0 Å². The monoisotopic (exact) mass is 302 g/mol. The van der Waals surface area contributed by atoms with Crippen LogP contribution in [-0.2, 0) is 0 Å². The Balaban J connectivity index is 1.63. The van der Waals surface area contributed by atoms with E-state index in [0.29, 0.717) is 10.6 Å². The SMILES string of the molecule is O=C(c1ccc(Cl)cc1)N1CCN(c2cccc[nH+]2)CC1. The number of pyridine rings is 1. The van der Waals surface area contributed by atoms with Crippen LogP contribution in [-0.4, -0.2) is 37.0 Å². The maximum Gasteiger partial charge on any atom is 0.274 e. The molecule has 0 unspecified atom stereocenters. The smallest absolute Gasteiger partial charge is 0.274 e. The van der Waals surface area contributed by atoms with E-state index in [1.807, 2.05) is 23.2 Å². The fourth-order valence-electron chi connectivity index (χ4n) is 2.51. The lowest BCUT2D eigenvalue weighted by Gasteiger charge is -2.31. The summed E-state index contributed by atoms with van der Waals surface area (Å²) in [7, 11) is 0. The van der Waals surface area contributed by atoms with Crippen molar-refractivity contribution in [2.75, 3.05) is 31.1 Å². The van der Waals surface area contributed by atoms with Crippen molar-refractivity contribution in [3.63, 3.8) is 0 Å². The second-order valence-electron chi connectivity index (χ2n) is 5.03. The summed E-state index contributed by atoms with van der Waals surface area (Å²) in [5.41, 5.74) is 0.694. The molecule has 0 atom stereocenters. The van der Waals surface area contributed by atoms with Gasteiger partial charge in [-0.2, -0.15) is 0 Å². The topological polar surface area (TPSA) is 37.7 Å². The number of anilines is 1. The number of carbonyl (C=O) groups excluding carboxylic acids is 1. The van der Waals surface area contributed by atoms with Crippen LogP contribution in [0.3, 0.4) is 0 Å². The van der Waals surface area contributed by atoms with Crippen LogP contribution in [0.2, 0.25) is 5.02 Å². The molecule has 0 radical (unpaired) electrons. The van der Waals surface area contributed by atoms with Crippen LogP contribution in [0, 0.1) is 0 Å². The summed E-state index contributed by atoms with van der Waals surface area (Å²) in [6, 6.07) is 13.1. The molecule has 1 saturated heterocycles. The van der Waals surface area contributed by atoms with Crippen LogP contribution in [0.1, 0.15) is 10.4 Å². The molecule has 1 amide bonds. The molecule has 1 aliphatic heterocycles. The lowest BCUT2D eigenvalue weighted by Crippen LogP contribution is -2.50.